The second kappa shape index (κ2) is 9.48. The Morgan fingerprint density at radius 2 is 1.82 bits per heavy atom. The molecule has 3 nitrogen and oxygen atoms in total. The van der Waals surface area contributed by atoms with Crippen molar-refractivity contribution < 1.29 is 13.0 Å². The van der Waals surface area contributed by atoms with Crippen LogP contribution >= 0.6 is 15.9 Å². The number of allylic oxidation sites excluding steroid dienone is 1. The van der Waals surface area contributed by atoms with Gasteiger partial charge < -0.3 is 0 Å². The second-order valence-corrected chi connectivity index (χ2v) is 8.57. The van der Waals surface area contributed by atoms with Crippen LogP contribution in [0.1, 0.15) is 45.1 Å². The summed E-state index contributed by atoms with van der Waals surface area (Å²) in [6.07, 6.45) is 7.69. The Morgan fingerprint density at radius 1 is 1.18 bits per heavy atom. The lowest BCUT2D eigenvalue weighted by molar-refractivity contribution is 0.436. The molecule has 0 saturated carbocycles. The summed E-state index contributed by atoms with van der Waals surface area (Å²) < 4.78 is 31.3. The predicted octanol–water partition coefficient (Wildman–Crippen LogP) is 5.18. The molecule has 124 valence electrons. The van der Waals surface area contributed by atoms with Crippen molar-refractivity contribution in [2.45, 2.75) is 39.5 Å². The zero-order valence-corrected chi connectivity index (χ0v) is 15.6. The summed E-state index contributed by atoms with van der Waals surface area (Å²) in [5.74, 6) is 0.892. The van der Waals surface area contributed by atoms with Crippen LogP contribution in [0.25, 0.3) is 6.08 Å². The van der Waals surface area contributed by atoms with Gasteiger partial charge in [0.15, 0.2) is 0 Å². The Kier molecular flexibility index (Phi) is 8.36. The van der Waals surface area contributed by atoms with Gasteiger partial charge in [-0.1, -0.05) is 60.5 Å². The molecule has 0 fully saturated rings. The van der Waals surface area contributed by atoms with Gasteiger partial charge in [0, 0.05) is 4.47 Å². The maximum absolute atomic E-state index is 10.7. The fourth-order valence-corrected chi connectivity index (χ4v) is 3.24. The standard InChI is InChI=1S/C17H25BrO3S/c1-14(2)13-16(5-3-4-12-22(19,20)21)7-6-15-8-10-17(18)11-9-15/h6-11,14,16H,3-5,12-13H2,1-2H3,(H,19,20,21). The van der Waals surface area contributed by atoms with Crippen molar-refractivity contribution in [3.05, 3.63) is 40.4 Å². The third kappa shape index (κ3) is 9.38. The maximum Gasteiger partial charge on any atom is 0.264 e. The van der Waals surface area contributed by atoms with Crippen LogP contribution in [0.15, 0.2) is 34.8 Å². The molecule has 0 heterocycles. The van der Waals surface area contributed by atoms with Crippen LogP contribution in [-0.2, 0) is 10.1 Å². The average molecular weight is 389 g/mol. The van der Waals surface area contributed by atoms with Crippen molar-refractivity contribution in [3.8, 4) is 0 Å². The van der Waals surface area contributed by atoms with Gasteiger partial charge in [-0.15, -0.1) is 0 Å². The van der Waals surface area contributed by atoms with Crippen LogP contribution in [0.5, 0.6) is 0 Å². The van der Waals surface area contributed by atoms with Gasteiger partial charge in [-0.2, -0.15) is 8.42 Å². The smallest absolute Gasteiger partial charge is 0.264 e. The number of unbranched alkanes of at least 4 members (excludes halogenated alkanes) is 1. The minimum Gasteiger partial charge on any atom is -0.286 e. The van der Waals surface area contributed by atoms with E-state index < -0.39 is 10.1 Å². The van der Waals surface area contributed by atoms with Gasteiger partial charge in [0.1, 0.15) is 0 Å². The van der Waals surface area contributed by atoms with Crippen molar-refractivity contribution in [2.24, 2.45) is 11.8 Å². The molecule has 0 bridgehead atoms. The van der Waals surface area contributed by atoms with Crippen molar-refractivity contribution >= 4 is 32.1 Å². The molecular weight excluding hydrogens is 364 g/mol. The van der Waals surface area contributed by atoms with Crippen LogP contribution in [0.3, 0.4) is 0 Å². The van der Waals surface area contributed by atoms with Crippen LogP contribution < -0.4 is 0 Å². The summed E-state index contributed by atoms with van der Waals surface area (Å²) in [6.45, 7) is 4.39. The van der Waals surface area contributed by atoms with E-state index >= 15 is 0 Å². The van der Waals surface area contributed by atoms with E-state index in [1.165, 1.54) is 0 Å². The number of rotatable bonds is 9. The van der Waals surface area contributed by atoms with E-state index in [4.69, 9.17) is 4.55 Å². The Hall–Kier alpha value is -0.650. The molecule has 1 aromatic carbocycles. The first-order chi connectivity index (χ1) is 10.3. The summed E-state index contributed by atoms with van der Waals surface area (Å²) in [7, 11) is -3.83. The van der Waals surface area contributed by atoms with Crippen molar-refractivity contribution in [1.29, 1.82) is 0 Å². The third-order valence-electron chi connectivity index (χ3n) is 3.43. The summed E-state index contributed by atoms with van der Waals surface area (Å²) in [6, 6.07) is 8.16. The number of hydrogen-bond acceptors (Lipinski definition) is 2. The average Bonchev–Trinajstić information content (AvgIpc) is 2.40. The third-order valence-corrected chi connectivity index (χ3v) is 4.77. The number of halogens is 1. The minimum absolute atomic E-state index is 0.141. The topological polar surface area (TPSA) is 54.4 Å². The lowest BCUT2D eigenvalue weighted by Crippen LogP contribution is -2.06. The second-order valence-electron chi connectivity index (χ2n) is 6.08. The molecule has 1 aromatic rings. The lowest BCUT2D eigenvalue weighted by Gasteiger charge is -2.15. The first kappa shape index (κ1) is 19.4. The van der Waals surface area contributed by atoms with E-state index in [1.807, 2.05) is 12.1 Å². The van der Waals surface area contributed by atoms with Crippen LogP contribution in [0, 0.1) is 11.8 Å². The molecule has 0 saturated heterocycles. The van der Waals surface area contributed by atoms with Gasteiger partial charge in [-0.05, 0) is 48.8 Å². The highest BCUT2D eigenvalue weighted by atomic mass is 79.9. The molecular formula is C17H25BrO3S. The van der Waals surface area contributed by atoms with Crippen LogP contribution in [-0.4, -0.2) is 18.7 Å². The Labute approximate surface area is 142 Å². The SMILES string of the molecule is CC(C)CC(C=Cc1ccc(Br)cc1)CCCCS(=O)(=O)O. The normalized spacial score (nSPS) is 13.9. The fourth-order valence-electron chi connectivity index (χ4n) is 2.41. The summed E-state index contributed by atoms with van der Waals surface area (Å²) in [5.41, 5.74) is 1.16. The molecule has 0 amide bonds. The van der Waals surface area contributed by atoms with Crippen LogP contribution in [0.2, 0.25) is 0 Å². The molecule has 1 atom stereocenters. The van der Waals surface area contributed by atoms with E-state index in [1.54, 1.807) is 0 Å². The molecule has 0 spiro atoms. The molecule has 0 radical (unpaired) electrons. The molecule has 0 aliphatic heterocycles. The first-order valence-electron chi connectivity index (χ1n) is 7.65. The molecule has 5 heteroatoms. The zero-order chi connectivity index (χ0) is 16.6. The molecule has 0 aliphatic carbocycles. The largest absolute Gasteiger partial charge is 0.286 e. The molecule has 1 rings (SSSR count). The molecule has 0 aromatic heterocycles. The predicted molar refractivity (Wildman–Crippen MR) is 96.4 cm³/mol. The Balaban J connectivity index is 2.54. The van der Waals surface area contributed by atoms with Crippen molar-refractivity contribution in [1.82, 2.24) is 0 Å². The fraction of sp³-hybridized carbons (Fsp3) is 0.529. The van der Waals surface area contributed by atoms with Gasteiger partial charge in [0.25, 0.3) is 10.1 Å². The van der Waals surface area contributed by atoms with E-state index in [-0.39, 0.29) is 5.75 Å². The van der Waals surface area contributed by atoms with Gasteiger partial charge in [-0.3, -0.25) is 4.55 Å². The summed E-state index contributed by atoms with van der Waals surface area (Å²) in [5, 5.41) is 0. The van der Waals surface area contributed by atoms with Gasteiger partial charge >= 0.3 is 0 Å². The number of hydrogen-bond donors (Lipinski definition) is 1. The quantitative estimate of drug-likeness (QED) is 0.468. The van der Waals surface area contributed by atoms with E-state index in [0.717, 1.165) is 29.3 Å². The number of benzene rings is 1. The van der Waals surface area contributed by atoms with Gasteiger partial charge in [0.05, 0.1) is 5.75 Å². The van der Waals surface area contributed by atoms with Crippen LogP contribution in [0.4, 0.5) is 0 Å². The zero-order valence-electron chi connectivity index (χ0n) is 13.2. The molecule has 1 N–H and O–H groups in total. The van der Waals surface area contributed by atoms with E-state index in [2.05, 4.69) is 54.1 Å². The van der Waals surface area contributed by atoms with Crippen molar-refractivity contribution in [2.75, 3.05) is 5.75 Å². The maximum atomic E-state index is 10.7. The highest BCUT2D eigenvalue weighted by molar-refractivity contribution is 9.10. The summed E-state index contributed by atoms with van der Waals surface area (Å²) >= 11 is 3.42. The molecule has 22 heavy (non-hydrogen) atoms. The van der Waals surface area contributed by atoms with E-state index in [9.17, 15) is 8.42 Å². The van der Waals surface area contributed by atoms with Gasteiger partial charge in [-0.25, -0.2) is 0 Å². The lowest BCUT2D eigenvalue weighted by atomic mass is 9.91. The Morgan fingerprint density at radius 3 is 2.36 bits per heavy atom. The summed E-state index contributed by atoms with van der Waals surface area (Å²) in [4.78, 5) is 0. The molecule has 0 aliphatic rings. The highest BCUT2D eigenvalue weighted by Gasteiger charge is 2.09. The first-order valence-corrected chi connectivity index (χ1v) is 10.1. The minimum atomic E-state index is -3.83. The highest BCUT2D eigenvalue weighted by Crippen LogP contribution is 2.21. The van der Waals surface area contributed by atoms with E-state index in [0.29, 0.717) is 18.3 Å². The van der Waals surface area contributed by atoms with Gasteiger partial charge in [0.2, 0.25) is 0 Å². The molecule has 1 unspecified atom stereocenters. The van der Waals surface area contributed by atoms with Crippen molar-refractivity contribution in [3.63, 3.8) is 0 Å². The monoisotopic (exact) mass is 388 g/mol. The Bertz CT molecular complexity index is 562.